The topological polar surface area (TPSA) is 37.4 Å². The van der Waals surface area contributed by atoms with Gasteiger partial charge in [-0.3, -0.25) is 9.59 Å². The van der Waals surface area contributed by atoms with Gasteiger partial charge in [0.2, 0.25) is 0 Å². The standard InChI is InChI=1S/C15H17NO2/c1-4-11-5-6-13-12(9-11)14(17)15(18)16(13)8-7-10(2)3/h5-6,9H,2,4,7-8H2,1,3H3. The maximum Gasteiger partial charge on any atom is 0.299 e. The number of benzene rings is 1. The van der Waals surface area contributed by atoms with Gasteiger partial charge in [0.15, 0.2) is 0 Å². The highest BCUT2D eigenvalue weighted by atomic mass is 16.2. The predicted molar refractivity (Wildman–Crippen MR) is 71.9 cm³/mol. The lowest BCUT2D eigenvalue weighted by Gasteiger charge is -2.16. The molecule has 3 nitrogen and oxygen atoms in total. The second-order valence-corrected chi connectivity index (χ2v) is 4.70. The normalized spacial score (nSPS) is 14.0. The Morgan fingerprint density at radius 3 is 2.67 bits per heavy atom. The Bertz CT molecular complexity index is 531. The Morgan fingerprint density at radius 2 is 2.06 bits per heavy atom. The van der Waals surface area contributed by atoms with Gasteiger partial charge < -0.3 is 4.90 Å². The van der Waals surface area contributed by atoms with Gasteiger partial charge in [-0.2, -0.15) is 0 Å². The highest BCUT2D eigenvalue weighted by molar-refractivity contribution is 6.52. The molecule has 1 aliphatic rings. The Morgan fingerprint density at radius 1 is 1.33 bits per heavy atom. The van der Waals surface area contributed by atoms with Crippen LogP contribution in [0.15, 0.2) is 30.4 Å². The van der Waals surface area contributed by atoms with Gasteiger partial charge in [-0.05, 0) is 37.5 Å². The number of anilines is 1. The number of hydrogen-bond acceptors (Lipinski definition) is 2. The molecule has 0 aromatic heterocycles. The molecule has 2 rings (SSSR count). The third-order valence-electron chi connectivity index (χ3n) is 3.21. The van der Waals surface area contributed by atoms with Crippen LogP contribution < -0.4 is 4.90 Å². The number of Topliss-reactive ketones (excluding diaryl/α,β-unsaturated/α-hetero) is 1. The fourth-order valence-corrected chi connectivity index (χ4v) is 2.09. The number of carbonyl (C=O) groups excluding carboxylic acids is 2. The molecule has 0 saturated heterocycles. The van der Waals surface area contributed by atoms with Crippen LogP contribution in [0.2, 0.25) is 0 Å². The van der Waals surface area contributed by atoms with Crippen molar-refractivity contribution >= 4 is 17.4 Å². The molecule has 18 heavy (non-hydrogen) atoms. The van der Waals surface area contributed by atoms with Crippen molar-refractivity contribution in [2.75, 3.05) is 11.4 Å². The molecule has 1 aromatic carbocycles. The zero-order valence-corrected chi connectivity index (χ0v) is 10.8. The summed E-state index contributed by atoms with van der Waals surface area (Å²) in [6, 6.07) is 5.67. The number of nitrogens with zero attached hydrogens (tertiary/aromatic N) is 1. The van der Waals surface area contributed by atoms with Crippen molar-refractivity contribution in [3.63, 3.8) is 0 Å². The van der Waals surface area contributed by atoms with Crippen molar-refractivity contribution < 1.29 is 9.59 Å². The molecule has 0 spiro atoms. The van der Waals surface area contributed by atoms with Crippen LogP contribution in [-0.2, 0) is 11.2 Å². The molecule has 0 fully saturated rings. The molecule has 0 N–H and O–H groups in total. The molecule has 1 amide bonds. The van der Waals surface area contributed by atoms with Gasteiger partial charge in [0, 0.05) is 6.54 Å². The van der Waals surface area contributed by atoms with Crippen molar-refractivity contribution in [3.8, 4) is 0 Å². The number of aryl methyl sites for hydroxylation is 1. The Balaban J connectivity index is 2.34. The van der Waals surface area contributed by atoms with E-state index in [1.165, 1.54) is 0 Å². The predicted octanol–water partition coefficient (Wildman–Crippen LogP) is 2.74. The lowest BCUT2D eigenvalue weighted by Crippen LogP contribution is -2.30. The summed E-state index contributed by atoms with van der Waals surface area (Å²) in [5.74, 6) is -0.804. The van der Waals surface area contributed by atoms with Gasteiger partial charge in [-0.25, -0.2) is 0 Å². The molecule has 0 saturated carbocycles. The van der Waals surface area contributed by atoms with E-state index in [2.05, 4.69) is 6.58 Å². The summed E-state index contributed by atoms with van der Waals surface area (Å²) in [4.78, 5) is 25.4. The molecule has 1 heterocycles. The molecular formula is C15H17NO2. The summed E-state index contributed by atoms with van der Waals surface area (Å²) in [5.41, 5.74) is 3.37. The van der Waals surface area contributed by atoms with E-state index in [1.54, 1.807) is 4.90 Å². The van der Waals surface area contributed by atoms with Gasteiger partial charge in [0.25, 0.3) is 11.7 Å². The number of hydrogen-bond donors (Lipinski definition) is 0. The zero-order chi connectivity index (χ0) is 13.3. The van der Waals surface area contributed by atoms with E-state index >= 15 is 0 Å². The van der Waals surface area contributed by atoms with Crippen LogP contribution in [0.5, 0.6) is 0 Å². The van der Waals surface area contributed by atoms with Gasteiger partial charge in [0.05, 0.1) is 11.3 Å². The van der Waals surface area contributed by atoms with E-state index in [0.717, 1.165) is 23.2 Å². The van der Waals surface area contributed by atoms with E-state index < -0.39 is 5.91 Å². The summed E-state index contributed by atoms with van der Waals surface area (Å²) in [6.45, 7) is 8.30. The average Bonchev–Trinajstić information content (AvgIpc) is 2.59. The second-order valence-electron chi connectivity index (χ2n) is 4.70. The van der Waals surface area contributed by atoms with Crippen LogP contribution in [0.3, 0.4) is 0 Å². The highest BCUT2D eigenvalue weighted by Gasteiger charge is 2.35. The minimum Gasteiger partial charge on any atom is -0.304 e. The van der Waals surface area contributed by atoms with Crippen molar-refractivity contribution in [1.82, 2.24) is 0 Å². The number of fused-ring (bicyclic) bond motifs is 1. The summed E-state index contributed by atoms with van der Waals surface area (Å²) >= 11 is 0. The number of ketones is 1. The second kappa shape index (κ2) is 4.77. The fourth-order valence-electron chi connectivity index (χ4n) is 2.09. The molecule has 94 valence electrons. The molecule has 0 bridgehead atoms. The SMILES string of the molecule is C=C(C)CCN1C(=O)C(=O)c2cc(CC)ccc21. The van der Waals surface area contributed by atoms with Gasteiger partial charge in [-0.1, -0.05) is 18.6 Å². The maximum absolute atomic E-state index is 11.9. The van der Waals surface area contributed by atoms with E-state index in [9.17, 15) is 9.59 Å². The average molecular weight is 243 g/mol. The molecular weight excluding hydrogens is 226 g/mol. The molecule has 3 heteroatoms. The Kier molecular flexibility index (Phi) is 3.32. The summed E-state index contributed by atoms with van der Waals surface area (Å²) in [7, 11) is 0. The summed E-state index contributed by atoms with van der Waals surface area (Å²) < 4.78 is 0. The first kappa shape index (κ1) is 12.6. The van der Waals surface area contributed by atoms with Crippen LogP contribution >= 0.6 is 0 Å². The van der Waals surface area contributed by atoms with Gasteiger partial charge in [0.1, 0.15) is 0 Å². The maximum atomic E-state index is 11.9. The molecule has 0 aliphatic carbocycles. The summed E-state index contributed by atoms with van der Waals surface area (Å²) in [6.07, 6.45) is 1.58. The highest BCUT2D eigenvalue weighted by Crippen LogP contribution is 2.30. The molecule has 1 aromatic rings. The third kappa shape index (κ3) is 2.08. The van der Waals surface area contributed by atoms with Crippen molar-refractivity contribution in [2.24, 2.45) is 0 Å². The van der Waals surface area contributed by atoms with Gasteiger partial charge in [-0.15, -0.1) is 6.58 Å². The van der Waals surface area contributed by atoms with E-state index in [-0.39, 0.29) is 5.78 Å². The molecule has 0 unspecified atom stereocenters. The van der Waals surface area contributed by atoms with Crippen LogP contribution in [0.4, 0.5) is 5.69 Å². The lowest BCUT2D eigenvalue weighted by atomic mass is 10.1. The van der Waals surface area contributed by atoms with Crippen LogP contribution in [-0.4, -0.2) is 18.2 Å². The molecule has 0 atom stereocenters. The van der Waals surface area contributed by atoms with Crippen molar-refractivity contribution in [3.05, 3.63) is 41.5 Å². The first-order valence-electron chi connectivity index (χ1n) is 6.18. The largest absolute Gasteiger partial charge is 0.304 e. The van der Waals surface area contributed by atoms with Crippen LogP contribution in [0.1, 0.15) is 36.2 Å². The lowest BCUT2D eigenvalue weighted by molar-refractivity contribution is -0.114. The van der Waals surface area contributed by atoms with Crippen LogP contribution in [0.25, 0.3) is 0 Å². The minimum atomic E-state index is -0.417. The third-order valence-corrected chi connectivity index (χ3v) is 3.21. The summed E-state index contributed by atoms with van der Waals surface area (Å²) in [5, 5.41) is 0. The monoisotopic (exact) mass is 243 g/mol. The zero-order valence-electron chi connectivity index (χ0n) is 10.8. The van der Waals surface area contributed by atoms with Crippen LogP contribution in [0, 0.1) is 0 Å². The molecule has 1 aliphatic heterocycles. The Labute approximate surface area is 107 Å². The number of amides is 1. The minimum absolute atomic E-state index is 0.387. The number of carbonyl (C=O) groups is 2. The first-order chi connectivity index (χ1) is 8.54. The van der Waals surface area contributed by atoms with Crippen molar-refractivity contribution in [2.45, 2.75) is 26.7 Å². The van der Waals surface area contributed by atoms with E-state index in [0.29, 0.717) is 18.5 Å². The quantitative estimate of drug-likeness (QED) is 0.602. The van der Waals surface area contributed by atoms with E-state index in [1.807, 2.05) is 32.0 Å². The van der Waals surface area contributed by atoms with E-state index in [4.69, 9.17) is 0 Å². The molecule has 0 radical (unpaired) electrons. The fraction of sp³-hybridized carbons (Fsp3) is 0.333. The first-order valence-corrected chi connectivity index (χ1v) is 6.18. The van der Waals surface area contributed by atoms with Gasteiger partial charge >= 0.3 is 0 Å². The number of rotatable bonds is 4. The smallest absolute Gasteiger partial charge is 0.299 e. The van der Waals surface area contributed by atoms with Crippen molar-refractivity contribution in [1.29, 1.82) is 0 Å². The Hall–Kier alpha value is -1.90.